The Balaban J connectivity index is 2.17. The zero-order valence-electron chi connectivity index (χ0n) is 9.36. The van der Waals surface area contributed by atoms with Crippen LogP contribution in [0.25, 0.3) is 0 Å². The van der Waals surface area contributed by atoms with Gasteiger partial charge in [-0.2, -0.15) is 0 Å². The van der Waals surface area contributed by atoms with Crippen molar-refractivity contribution < 1.29 is 4.79 Å². The lowest BCUT2D eigenvalue weighted by Gasteiger charge is -2.21. The van der Waals surface area contributed by atoms with Crippen LogP contribution in [-0.4, -0.2) is 6.29 Å². The van der Waals surface area contributed by atoms with E-state index in [2.05, 4.69) is 40.2 Å². The number of hydrogen-bond donors (Lipinski definition) is 0. The second kappa shape index (κ2) is 5.62. The fraction of sp³-hybridized carbons (Fsp3) is 0.500. The molecule has 0 N–H and O–H groups in total. The first-order valence-electron chi connectivity index (χ1n) is 6.00. The first kappa shape index (κ1) is 11.8. The van der Waals surface area contributed by atoms with Gasteiger partial charge in [0.05, 0.1) is 0 Å². The minimum Gasteiger partial charge on any atom is -0.303 e. The smallest absolute Gasteiger partial charge is 0.120 e. The molecule has 0 radical (unpaired) electrons. The number of benzene rings is 1. The third kappa shape index (κ3) is 2.73. The number of rotatable bonds is 4. The Kier molecular flexibility index (Phi) is 4.16. The normalized spacial score (nSPS) is 18.6. The SMILES string of the molecule is O=CCC(c1ccc(Br)cc1)C1CCCC1. The zero-order chi connectivity index (χ0) is 11.4. The van der Waals surface area contributed by atoms with E-state index >= 15 is 0 Å². The molecule has 0 spiro atoms. The average Bonchev–Trinajstić information content (AvgIpc) is 2.81. The van der Waals surface area contributed by atoms with Crippen molar-refractivity contribution in [1.82, 2.24) is 0 Å². The van der Waals surface area contributed by atoms with E-state index in [1.165, 1.54) is 31.2 Å². The highest BCUT2D eigenvalue weighted by Gasteiger charge is 2.25. The minimum atomic E-state index is 0.438. The van der Waals surface area contributed by atoms with Crippen LogP contribution >= 0.6 is 15.9 Å². The summed E-state index contributed by atoms with van der Waals surface area (Å²) in [5.41, 5.74) is 1.32. The van der Waals surface area contributed by atoms with Gasteiger partial charge in [0.25, 0.3) is 0 Å². The summed E-state index contributed by atoms with van der Waals surface area (Å²) in [6, 6.07) is 8.44. The third-order valence-corrected chi connectivity index (χ3v) is 4.15. The molecule has 1 aliphatic rings. The largest absolute Gasteiger partial charge is 0.303 e. The van der Waals surface area contributed by atoms with Crippen LogP contribution in [0.15, 0.2) is 28.7 Å². The summed E-state index contributed by atoms with van der Waals surface area (Å²) in [4.78, 5) is 10.8. The molecule has 1 nitrogen and oxygen atoms in total. The molecule has 0 saturated heterocycles. The molecule has 1 aromatic carbocycles. The number of aldehydes is 1. The fourth-order valence-electron chi connectivity index (χ4n) is 2.77. The molecule has 16 heavy (non-hydrogen) atoms. The lowest BCUT2D eigenvalue weighted by Crippen LogP contribution is -2.10. The van der Waals surface area contributed by atoms with Crippen molar-refractivity contribution >= 4 is 22.2 Å². The Morgan fingerprint density at radius 2 is 1.88 bits per heavy atom. The summed E-state index contributed by atoms with van der Waals surface area (Å²) in [6.07, 6.45) is 6.98. The topological polar surface area (TPSA) is 17.1 Å². The molecule has 1 unspecified atom stereocenters. The van der Waals surface area contributed by atoms with Crippen molar-refractivity contribution in [2.75, 3.05) is 0 Å². The number of hydrogen-bond acceptors (Lipinski definition) is 1. The van der Waals surface area contributed by atoms with Crippen LogP contribution in [0.5, 0.6) is 0 Å². The van der Waals surface area contributed by atoms with Crippen molar-refractivity contribution in [3.8, 4) is 0 Å². The van der Waals surface area contributed by atoms with E-state index in [0.717, 1.165) is 10.8 Å². The lowest BCUT2D eigenvalue weighted by atomic mass is 9.83. The summed E-state index contributed by atoms with van der Waals surface area (Å²) in [5, 5.41) is 0. The monoisotopic (exact) mass is 280 g/mol. The van der Waals surface area contributed by atoms with Crippen LogP contribution in [0.3, 0.4) is 0 Å². The molecule has 0 bridgehead atoms. The molecule has 86 valence electrons. The maximum Gasteiger partial charge on any atom is 0.120 e. The molecule has 1 saturated carbocycles. The first-order chi connectivity index (χ1) is 7.81. The van der Waals surface area contributed by atoms with E-state index in [1.807, 2.05) is 0 Å². The molecular formula is C14H17BrO. The molecule has 1 aliphatic carbocycles. The van der Waals surface area contributed by atoms with Gasteiger partial charge in [0.15, 0.2) is 0 Å². The Labute approximate surface area is 105 Å². The Bertz CT molecular complexity index is 338. The van der Waals surface area contributed by atoms with E-state index in [-0.39, 0.29) is 0 Å². The molecule has 0 aliphatic heterocycles. The van der Waals surface area contributed by atoms with Gasteiger partial charge in [0.2, 0.25) is 0 Å². The molecule has 1 fully saturated rings. The summed E-state index contributed by atoms with van der Waals surface area (Å²) in [5.74, 6) is 1.15. The molecule has 1 atom stereocenters. The van der Waals surface area contributed by atoms with E-state index in [0.29, 0.717) is 18.3 Å². The highest BCUT2D eigenvalue weighted by atomic mass is 79.9. The van der Waals surface area contributed by atoms with E-state index in [9.17, 15) is 4.79 Å². The Hall–Kier alpha value is -0.630. The van der Waals surface area contributed by atoms with Gasteiger partial charge in [0.1, 0.15) is 6.29 Å². The molecule has 2 rings (SSSR count). The predicted molar refractivity (Wildman–Crippen MR) is 69.5 cm³/mol. The molecule has 1 aromatic rings. The van der Waals surface area contributed by atoms with Crippen molar-refractivity contribution in [2.24, 2.45) is 5.92 Å². The van der Waals surface area contributed by atoms with Gasteiger partial charge in [0, 0.05) is 10.9 Å². The van der Waals surface area contributed by atoms with Gasteiger partial charge in [-0.25, -0.2) is 0 Å². The lowest BCUT2D eigenvalue weighted by molar-refractivity contribution is -0.108. The van der Waals surface area contributed by atoms with Crippen LogP contribution in [0.1, 0.15) is 43.6 Å². The van der Waals surface area contributed by atoms with E-state index in [4.69, 9.17) is 0 Å². The highest BCUT2D eigenvalue weighted by Crippen LogP contribution is 2.39. The number of carbonyl (C=O) groups is 1. The third-order valence-electron chi connectivity index (χ3n) is 3.62. The Morgan fingerprint density at radius 1 is 1.25 bits per heavy atom. The standard InChI is InChI=1S/C14H17BrO/c15-13-7-5-12(6-8-13)14(9-10-16)11-3-1-2-4-11/h5-8,10-11,14H,1-4,9H2. The van der Waals surface area contributed by atoms with Gasteiger partial charge in [-0.15, -0.1) is 0 Å². The summed E-state index contributed by atoms with van der Waals surface area (Å²) < 4.78 is 1.10. The maximum atomic E-state index is 10.8. The van der Waals surface area contributed by atoms with Crippen LogP contribution in [0.4, 0.5) is 0 Å². The van der Waals surface area contributed by atoms with Gasteiger partial charge in [-0.3, -0.25) is 0 Å². The molecular weight excluding hydrogens is 264 g/mol. The maximum absolute atomic E-state index is 10.8. The predicted octanol–water partition coefficient (Wildman–Crippen LogP) is 4.31. The highest BCUT2D eigenvalue weighted by molar-refractivity contribution is 9.10. The number of halogens is 1. The van der Waals surface area contributed by atoms with Crippen molar-refractivity contribution in [2.45, 2.75) is 38.0 Å². The van der Waals surface area contributed by atoms with Crippen LogP contribution < -0.4 is 0 Å². The quantitative estimate of drug-likeness (QED) is 0.751. The van der Waals surface area contributed by atoms with E-state index in [1.54, 1.807) is 0 Å². The minimum absolute atomic E-state index is 0.438. The van der Waals surface area contributed by atoms with Crippen molar-refractivity contribution in [1.29, 1.82) is 0 Å². The fourth-order valence-corrected chi connectivity index (χ4v) is 3.04. The zero-order valence-corrected chi connectivity index (χ0v) is 10.9. The first-order valence-corrected chi connectivity index (χ1v) is 6.79. The van der Waals surface area contributed by atoms with Crippen LogP contribution in [0, 0.1) is 5.92 Å². The second-order valence-electron chi connectivity index (χ2n) is 4.60. The molecule has 0 heterocycles. The van der Waals surface area contributed by atoms with Crippen molar-refractivity contribution in [3.63, 3.8) is 0 Å². The van der Waals surface area contributed by atoms with Crippen LogP contribution in [0.2, 0.25) is 0 Å². The van der Waals surface area contributed by atoms with Gasteiger partial charge in [-0.1, -0.05) is 40.9 Å². The summed E-state index contributed by atoms with van der Waals surface area (Å²) in [6.45, 7) is 0. The average molecular weight is 281 g/mol. The van der Waals surface area contributed by atoms with Gasteiger partial charge >= 0.3 is 0 Å². The molecule has 0 aromatic heterocycles. The summed E-state index contributed by atoms with van der Waals surface area (Å²) in [7, 11) is 0. The molecule has 2 heteroatoms. The molecule has 0 amide bonds. The Morgan fingerprint density at radius 3 is 2.44 bits per heavy atom. The van der Waals surface area contributed by atoms with Gasteiger partial charge in [-0.05, 0) is 42.4 Å². The van der Waals surface area contributed by atoms with E-state index < -0.39 is 0 Å². The van der Waals surface area contributed by atoms with Crippen molar-refractivity contribution in [3.05, 3.63) is 34.3 Å². The summed E-state index contributed by atoms with van der Waals surface area (Å²) >= 11 is 3.45. The second-order valence-corrected chi connectivity index (χ2v) is 5.52. The van der Waals surface area contributed by atoms with Crippen LogP contribution in [-0.2, 0) is 4.79 Å². The number of carbonyl (C=O) groups excluding carboxylic acids is 1. The van der Waals surface area contributed by atoms with Gasteiger partial charge < -0.3 is 4.79 Å².